The van der Waals surface area contributed by atoms with Crippen LogP contribution in [0.4, 0.5) is 5.69 Å². The Bertz CT molecular complexity index is 1090. The summed E-state index contributed by atoms with van der Waals surface area (Å²) in [5.74, 6) is -0.612. The summed E-state index contributed by atoms with van der Waals surface area (Å²) < 4.78 is 13.9. The van der Waals surface area contributed by atoms with Gasteiger partial charge in [-0.1, -0.05) is 40.2 Å². The molecule has 3 aromatic rings. The molecular weight excluding hydrogens is 440 g/mol. The van der Waals surface area contributed by atoms with Crippen LogP contribution in [-0.2, 0) is 17.7 Å². The SMILES string of the molecule is O=C(NCc1cccc(Br)c1)c1ccc2c(c1)NC(=O)c1ccccc1[S+]2[O-]. The second-order valence-corrected chi connectivity index (χ2v) is 8.58. The van der Waals surface area contributed by atoms with Crippen LogP contribution in [0.2, 0.25) is 0 Å². The van der Waals surface area contributed by atoms with Crippen LogP contribution in [0.3, 0.4) is 0 Å². The van der Waals surface area contributed by atoms with E-state index in [0.717, 1.165) is 10.0 Å². The molecule has 4 rings (SSSR count). The zero-order chi connectivity index (χ0) is 19.7. The van der Waals surface area contributed by atoms with Gasteiger partial charge in [0.1, 0.15) is 0 Å². The predicted octanol–water partition coefficient (Wildman–Crippen LogP) is 4.11. The van der Waals surface area contributed by atoms with E-state index in [-0.39, 0.29) is 11.8 Å². The zero-order valence-electron chi connectivity index (χ0n) is 14.6. The predicted molar refractivity (Wildman–Crippen MR) is 111 cm³/mol. The van der Waals surface area contributed by atoms with Crippen molar-refractivity contribution in [2.75, 3.05) is 5.32 Å². The van der Waals surface area contributed by atoms with Gasteiger partial charge in [0.05, 0.1) is 11.3 Å². The van der Waals surface area contributed by atoms with E-state index in [9.17, 15) is 14.1 Å². The van der Waals surface area contributed by atoms with E-state index in [4.69, 9.17) is 0 Å². The lowest BCUT2D eigenvalue weighted by Crippen LogP contribution is -2.23. The third-order valence-electron chi connectivity index (χ3n) is 4.36. The largest absolute Gasteiger partial charge is 0.606 e. The van der Waals surface area contributed by atoms with Gasteiger partial charge in [0.15, 0.2) is 9.79 Å². The molecule has 5 nitrogen and oxygen atoms in total. The molecule has 0 saturated carbocycles. The summed E-state index contributed by atoms with van der Waals surface area (Å²) in [6.45, 7) is 0.374. The molecule has 0 aromatic heterocycles. The van der Waals surface area contributed by atoms with Crippen LogP contribution in [0, 0.1) is 0 Å². The number of halogens is 1. The minimum absolute atomic E-state index is 0.274. The number of rotatable bonds is 3. The van der Waals surface area contributed by atoms with E-state index in [1.165, 1.54) is 0 Å². The highest BCUT2D eigenvalue weighted by molar-refractivity contribution is 9.10. The topological polar surface area (TPSA) is 81.3 Å². The van der Waals surface area contributed by atoms with Crippen molar-refractivity contribution in [1.82, 2.24) is 5.32 Å². The Kier molecular flexibility index (Phi) is 5.21. The van der Waals surface area contributed by atoms with E-state index >= 15 is 0 Å². The van der Waals surface area contributed by atoms with Crippen molar-refractivity contribution in [3.63, 3.8) is 0 Å². The van der Waals surface area contributed by atoms with Crippen LogP contribution in [0.15, 0.2) is 81.0 Å². The summed E-state index contributed by atoms with van der Waals surface area (Å²) >= 11 is 1.90. The molecule has 0 saturated heterocycles. The Balaban J connectivity index is 1.58. The summed E-state index contributed by atoms with van der Waals surface area (Å²) in [6, 6.07) is 19.3. The summed E-state index contributed by atoms with van der Waals surface area (Å²) in [5, 5.41) is 5.62. The molecule has 3 aromatic carbocycles. The van der Waals surface area contributed by atoms with Crippen molar-refractivity contribution < 1.29 is 14.1 Å². The molecule has 2 N–H and O–H groups in total. The lowest BCUT2D eigenvalue weighted by molar-refractivity contribution is 0.0949. The number of hydrogen-bond acceptors (Lipinski definition) is 3. The second-order valence-electron chi connectivity index (χ2n) is 6.24. The molecule has 1 atom stereocenters. The Hall–Kier alpha value is -2.61. The molecular formula is C21H15BrN2O3S. The maximum Gasteiger partial charge on any atom is 0.260 e. The van der Waals surface area contributed by atoms with Gasteiger partial charge in [0, 0.05) is 27.8 Å². The molecule has 0 bridgehead atoms. The fourth-order valence-electron chi connectivity index (χ4n) is 2.99. The summed E-state index contributed by atoms with van der Waals surface area (Å²) in [6.07, 6.45) is 0. The van der Waals surface area contributed by atoms with Gasteiger partial charge in [-0.25, -0.2) is 0 Å². The lowest BCUT2D eigenvalue weighted by Gasteiger charge is -2.12. The minimum atomic E-state index is -1.51. The molecule has 0 fully saturated rings. The van der Waals surface area contributed by atoms with Crippen molar-refractivity contribution in [2.45, 2.75) is 16.3 Å². The Morgan fingerprint density at radius 3 is 2.68 bits per heavy atom. The summed E-state index contributed by atoms with van der Waals surface area (Å²) in [4.78, 5) is 26.0. The zero-order valence-corrected chi connectivity index (χ0v) is 17.0. The van der Waals surface area contributed by atoms with Crippen molar-refractivity contribution >= 4 is 44.6 Å². The maximum absolute atomic E-state index is 12.9. The van der Waals surface area contributed by atoms with Crippen LogP contribution < -0.4 is 10.6 Å². The van der Waals surface area contributed by atoms with Gasteiger partial charge < -0.3 is 15.2 Å². The van der Waals surface area contributed by atoms with Gasteiger partial charge >= 0.3 is 0 Å². The van der Waals surface area contributed by atoms with Crippen LogP contribution in [0.1, 0.15) is 26.3 Å². The standard InChI is InChI=1S/C21H15BrN2O3S/c22-15-5-3-4-13(10-15)12-23-20(25)14-8-9-19-17(11-14)24-21(26)16-6-1-2-7-18(16)28(19)27/h1-11H,12H2,(H,23,25)(H,24,26). The summed E-state index contributed by atoms with van der Waals surface area (Å²) in [5.41, 5.74) is 2.10. The number of benzene rings is 3. The maximum atomic E-state index is 12.9. The number of fused-ring (bicyclic) bond motifs is 2. The molecule has 28 heavy (non-hydrogen) atoms. The van der Waals surface area contributed by atoms with Crippen LogP contribution >= 0.6 is 15.9 Å². The molecule has 0 spiro atoms. The Morgan fingerprint density at radius 2 is 1.86 bits per heavy atom. The van der Waals surface area contributed by atoms with E-state index in [0.29, 0.717) is 33.2 Å². The van der Waals surface area contributed by atoms with Crippen LogP contribution in [0.25, 0.3) is 0 Å². The third kappa shape index (κ3) is 3.69. The Morgan fingerprint density at radius 1 is 1.04 bits per heavy atom. The molecule has 0 aliphatic carbocycles. The smallest absolute Gasteiger partial charge is 0.260 e. The van der Waals surface area contributed by atoms with Crippen molar-refractivity contribution in [2.24, 2.45) is 0 Å². The van der Waals surface area contributed by atoms with Gasteiger partial charge in [0.2, 0.25) is 0 Å². The monoisotopic (exact) mass is 454 g/mol. The Labute approximate surface area is 173 Å². The molecule has 0 radical (unpaired) electrons. The first-order valence-corrected chi connectivity index (χ1v) is 10.5. The quantitative estimate of drug-likeness (QED) is 0.584. The number of carbonyl (C=O) groups excluding carboxylic acids is 2. The van der Waals surface area contributed by atoms with E-state index in [1.807, 2.05) is 24.3 Å². The highest BCUT2D eigenvalue weighted by Gasteiger charge is 2.30. The summed E-state index contributed by atoms with van der Waals surface area (Å²) in [7, 11) is 0. The molecule has 7 heteroatoms. The number of amides is 2. The van der Waals surface area contributed by atoms with E-state index in [2.05, 4.69) is 26.6 Å². The fourth-order valence-corrected chi connectivity index (χ4v) is 4.73. The molecule has 1 aliphatic heterocycles. The first-order valence-electron chi connectivity index (χ1n) is 8.52. The normalized spacial score (nSPS) is 15.1. The van der Waals surface area contributed by atoms with Crippen molar-refractivity contribution in [1.29, 1.82) is 0 Å². The van der Waals surface area contributed by atoms with Crippen molar-refractivity contribution in [3.8, 4) is 0 Å². The van der Waals surface area contributed by atoms with Gasteiger partial charge in [0.25, 0.3) is 11.8 Å². The van der Waals surface area contributed by atoms with Crippen LogP contribution in [-0.4, -0.2) is 16.4 Å². The highest BCUT2D eigenvalue weighted by atomic mass is 79.9. The molecule has 1 heterocycles. The highest BCUT2D eigenvalue weighted by Crippen LogP contribution is 2.34. The molecule has 1 aliphatic rings. The number of hydrogen-bond donors (Lipinski definition) is 2. The van der Waals surface area contributed by atoms with Gasteiger partial charge in [-0.05, 0) is 48.0 Å². The number of anilines is 1. The minimum Gasteiger partial charge on any atom is -0.606 e. The third-order valence-corrected chi connectivity index (χ3v) is 6.37. The number of carbonyl (C=O) groups is 2. The van der Waals surface area contributed by atoms with Gasteiger partial charge in [-0.3, -0.25) is 9.59 Å². The van der Waals surface area contributed by atoms with Crippen molar-refractivity contribution in [3.05, 3.63) is 87.9 Å². The van der Waals surface area contributed by atoms with Gasteiger partial charge in [-0.2, -0.15) is 0 Å². The van der Waals surface area contributed by atoms with E-state index < -0.39 is 11.2 Å². The fraction of sp³-hybridized carbons (Fsp3) is 0.0476. The van der Waals surface area contributed by atoms with E-state index in [1.54, 1.807) is 42.5 Å². The first-order chi connectivity index (χ1) is 13.5. The lowest BCUT2D eigenvalue weighted by atomic mass is 10.1. The van der Waals surface area contributed by atoms with Gasteiger partial charge in [-0.15, -0.1) is 0 Å². The molecule has 2 amide bonds. The average molecular weight is 455 g/mol. The molecule has 140 valence electrons. The van der Waals surface area contributed by atoms with Crippen LogP contribution in [0.5, 0.6) is 0 Å². The first kappa shape index (κ1) is 18.7. The second kappa shape index (κ2) is 7.79. The number of nitrogens with one attached hydrogen (secondary N) is 2. The molecule has 1 unspecified atom stereocenters. The average Bonchev–Trinajstić information content (AvgIpc) is 2.81.